The zero-order valence-corrected chi connectivity index (χ0v) is 16.7. The van der Waals surface area contributed by atoms with Gasteiger partial charge >= 0.3 is 5.97 Å². The second kappa shape index (κ2) is 8.33. The Bertz CT molecular complexity index is 904. The molecule has 1 unspecified atom stereocenters. The van der Waals surface area contributed by atoms with Gasteiger partial charge in [0.05, 0.1) is 18.8 Å². The second-order valence-electron chi connectivity index (χ2n) is 6.48. The van der Waals surface area contributed by atoms with Crippen LogP contribution in [-0.4, -0.2) is 39.1 Å². The summed E-state index contributed by atoms with van der Waals surface area (Å²) in [5, 5.41) is 17.8. The third-order valence-corrected chi connectivity index (χ3v) is 4.44. The third-order valence-electron chi connectivity index (χ3n) is 4.44. The number of phenolic OH excluding ortho intramolecular Hbond substituents is 1. The number of allylic oxidation sites excluding steroid dienone is 1. The van der Waals surface area contributed by atoms with E-state index >= 15 is 0 Å². The maximum atomic E-state index is 12.9. The summed E-state index contributed by atoms with van der Waals surface area (Å²) >= 11 is 0. The molecule has 150 valence electrons. The van der Waals surface area contributed by atoms with E-state index in [9.17, 15) is 9.90 Å². The summed E-state index contributed by atoms with van der Waals surface area (Å²) in [7, 11) is 0. The van der Waals surface area contributed by atoms with Crippen molar-refractivity contribution in [3.05, 3.63) is 40.9 Å². The molecule has 2 N–H and O–H groups in total. The highest BCUT2D eigenvalue weighted by Gasteiger charge is 2.36. The number of nitrogens with zero attached hydrogens (tertiary/aromatic N) is 3. The molecule has 0 spiro atoms. The van der Waals surface area contributed by atoms with Gasteiger partial charge in [0.2, 0.25) is 5.95 Å². The van der Waals surface area contributed by atoms with Crippen LogP contribution in [0.4, 0.5) is 5.95 Å². The normalized spacial score (nSPS) is 15.8. The largest absolute Gasteiger partial charge is 0.504 e. The zero-order chi connectivity index (χ0) is 20.3. The summed E-state index contributed by atoms with van der Waals surface area (Å²) in [5.74, 6) is 1.18. The highest BCUT2D eigenvalue weighted by molar-refractivity contribution is 5.92. The predicted molar refractivity (Wildman–Crippen MR) is 104 cm³/mol. The van der Waals surface area contributed by atoms with Crippen molar-refractivity contribution in [3.8, 4) is 11.5 Å². The standard InChI is InChI=1S/C20H26N4O4/c1-5-8-14-17(19(26)28-7-3)18(24-20(22-14)21-12(4)23-24)13-9-10-15(25)16(11-13)27-6-2/h9-11,18,25H,5-8H2,1-4H3,(H,21,22,23). The molecule has 8 nitrogen and oxygen atoms in total. The molecule has 3 rings (SSSR count). The van der Waals surface area contributed by atoms with Crippen molar-refractivity contribution in [2.45, 2.75) is 46.6 Å². The molecule has 0 radical (unpaired) electrons. The number of hydrogen-bond donors (Lipinski definition) is 2. The summed E-state index contributed by atoms with van der Waals surface area (Å²) < 4.78 is 12.6. The Labute approximate surface area is 164 Å². The monoisotopic (exact) mass is 386 g/mol. The number of rotatable bonds is 7. The number of aromatic nitrogens is 3. The number of hydrogen-bond acceptors (Lipinski definition) is 7. The lowest BCUT2D eigenvalue weighted by Gasteiger charge is -2.29. The summed E-state index contributed by atoms with van der Waals surface area (Å²) in [5.41, 5.74) is 2.02. The molecule has 2 heterocycles. The van der Waals surface area contributed by atoms with Crippen molar-refractivity contribution in [1.82, 2.24) is 14.8 Å². The number of esters is 1. The minimum Gasteiger partial charge on any atom is -0.504 e. The Kier molecular flexibility index (Phi) is 5.87. The van der Waals surface area contributed by atoms with E-state index in [-0.39, 0.29) is 12.4 Å². The smallest absolute Gasteiger partial charge is 0.338 e. The van der Waals surface area contributed by atoms with Crippen molar-refractivity contribution < 1.29 is 19.4 Å². The van der Waals surface area contributed by atoms with Crippen LogP contribution in [0.1, 0.15) is 51.0 Å². The Balaban J connectivity index is 2.20. The van der Waals surface area contributed by atoms with Crippen LogP contribution in [0.15, 0.2) is 29.5 Å². The van der Waals surface area contributed by atoms with Crippen LogP contribution in [0, 0.1) is 6.92 Å². The van der Waals surface area contributed by atoms with Gasteiger partial charge in [0.1, 0.15) is 11.9 Å². The number of ether oxygens (including phenoxy) is 2. The average Bonchev–Trinajstić information content (AvgIpc) is 3.03. The number of phenols is 1. The number of benzene rings is 1. The van der Waals surface area contributed by atoms with Crippen molar-refractivity contribution in [3.63, 3.8) is 0 Å². The van der Waals surface area contributed by atoms with E-state index in [1.807, 2.05) is 13.8 Å². The van der Waals surface area contributed by atoms with E-state index in [0.29, 0.717) is 36.1 Å². The molecule has 28 heavy (non-hydrogen) atoms. The molecular weight excluding hydrogens is 360 g/mol. The van der Waals surface area contributed by atoms with Crippen molar-refractivity contribution in [2.24, 2.45) is 0 Å². The van der Waals surface area contributed by atoms with E-state index in [2.05, 4.69) is 15.4 Å². The van der Waals surface area contributed by atoms with Crippen LogP contribution in [-0.2, 0) is 9.53 Å². The molecule has 0 bridgehead atoms. The van der Waals surface area contributed by atoms with Gasteiger partial charge in [-0.15, -0.1) is 0 Å². The summed E-state index contributed by atoms with van der Waals surface area (Å²) in [6, 6.07) is 4.53. The summed E-state index contributed by atoms with van der Waals surface area (Å²) in [6.45, 7) is 8.16. The van der Waals surface area contributed by atoms with Gasteiger partial charge in [0.25, 0.3) is 0 Å². The maximum Gasteiger partial charge on any atom is 0.338 e. The maximum absolute atomic E-state index is 12.9. The number of aryl methyl sites for hydroxylation is 1. The lowest BCUT2D eigenvalue weighted by Crippen LogP contribution is -2.30. The Morgan fingerprint density at radius 3 is 2.75 bits per heavy atom. The summed E-state index contributed by atoms with van der Waals surface area (Å²) in [4.78, 5) is 17.3. The molecule has 0 amide bonds. The van der Waals surface area contributed by atoms with Gasteiger partial charge in [0, 0.05) is 5.70 Å². The molecule has 1 aliphatic rings. The number of fused-ring (bicyclic) bond motifs is 1. The van der Waals surface area contributed by atoms with E-state index in [1.54, 1.807) is 36.7 Å². The minimum absolute atomic E-state index is 0.0463. The van der Waals surface area contributed by atoms with Crippen LogP contribution in [0.3, 0.4) is 0 Å². The molecule has 0 aliphatic carbocycles. The van der Waals surface area contributed by atoms with E-state index in [4.69, 9.17) is 9.47 Å². The Hall–Kier alpha value is -3.03. The van der Waals surface area contributed by atoms with E-state index in [0.717, 1.165) is 17.7 Å². The lowest BCUT2D eigenvalue weighted by atomic mass is 9.93. The van der Waals surface area contributed by atoms with E-state index < -0.39 is 12.0 Å². The molecule has 0 fully saturated rings. The molecule has 0 saturated carbocycles. The Morgan fingerprint density at radius 1 is 1.29 bits per heavy atom. The highest BCUT2D eigenvalue weighted by Crippen LogP contribution is 2.39. The first-order valence-electron chi connectivity index (χ1n) is 9.56. The van der Waals surface area contributed by atoms with Gasteiger partial charge in [-0.25, -0.2) is 9.48 Å². The molecule has 1 aromatic carbocycles. The van der Waals surface area contributed by atoms with Gasteiger partial charge in [-0.3, -0.25) is 0 Å². The van der Waals surface area contributed by atoms with Crippen molar-refractivity contribution >= 4 is 11.9 Å². The number of anilines is 1. The fourth-order valence-electron chi connectivity index (χ4n) is 3.36. The summed E-state index contributed by atoms with van der Waals surface area (Å²) in [6.07, 6.45) is 1.53. The van der Waals surface area contributed by atoms with Crippen molar-refractivity contribution in [1.29, 1.82) is 0 Å². The van der Waals surface area contributed by atoms with Crippen LogP contribution in [0.2, 0.25) is 0 Å². The van der Waals surface area contributed by atoms with Gasteiger partial charge in [-0.05, 0) is 44.9 Å². The first kappa shape index (κ1) is 19.7. The van der Waals surface area contributed by atoms with E-state index in [1.165, 1.54) is 0 Å². The quantitative estimate of drug-likeness (QED) is 0.704. The minimum atomic E-state index is -0.530. The topological polar surface area (TPSA) is 98.5 Å². The van der Waals surface area contributed by atoms with Crippen LogP contribution in [0.5, 0.6) is 11.5 Å². The first-order chi connectivity index (χ1) is 13.5. The zero-order valence-electron chi connectivity index (χ0n) is 16.7. The van der Waals surface area contributed by atoms with Crippen LogP contribution < -0.4 is 10.1 Å². The van der Waals surface area contributed by atoms with Gasteiger partial charge in [-0.2, -0.15) is 10.1 Å². The lowest BCUT2D eigenvalue weighted by molar-refractivity contribution is -0.139. The molecule has 1 atom stereocenters. The number of carbonyl (C=O) groups is 1. The first-order valence-corrected chi connectivity index (χ1v) is 9.56. The Morgan fingerprint density at radius 2 is 2.07 bits per heavy atom. The fraction of sp³-hybridized carbons (Fsp3) is 0.450. The second-order valence-corrected chi connectivity index (χ2v) is 6.48. The molecule has 1 aromatic heterocycles. The molecule has 1 aliphatic heterocycles. The van der Waals surface area contributed by atoms with Crippen LogP contribution in [0.25, 0.3) is 0 Å². The van der Waals surface area contributed by atoms with Gasteiger partial charge in [-0.1, -0.05) is 19.4 Å². The molecular formula is C20H26N4O4. The fourth-order valence-corrected chi connectivity index (χ4v) is 3.36. The number of aromatic hydroxyl groups is 1. The van der Waals surface area contributed by atoms with Crippen molar-refractivity contribution in [2.75, 3.05) is 18.5 Å². The molecule has 0 saturated heterocycles. The van der Waals surface area contributed by atoms with Crippen LogP contribution >= 0.6 is 0 Å². The van der Waals surface area contributed by atoms with Gasteiger partial charge in [0.15, 0.2) is 11.5 Å². The molecule has 8 heteroatoms. The highest BCUT2D eigenvalue weighted by atomic mass is 16.5. The van der Waals surface area contributed by atoms with Gasteiger partial charge < -0.3 is 19.9 Å². The SMILES string of the molecule is CCCC1=C(C(=O)OCC)C(c2ccc(O)c(OCC)c2)n2nc(C)nc2N1. The predicted octanol–water partition coefficient (Wildman–Crippen LogP) is 3.32. The third kappa shape index (κ3) is 3.67. The average molecular weight is 386 g/mol. The number of nitrogens with one attached hydrogen (secondary N) is 1. The molecule has 2 aromatic rings. The number of carbonyl (C=O) groups excluding carboxylic acids is 1.